The van der Waals surface area contributed by atoms with Gasteiger partial charge in [-0.05, 0) is 20.2 Å². The molecule has 0 aliphatic heterocycles. The Kier molecular flexibility index (Phi) is 12.8. The molecule has 12 heavy (non-hydrogen) atoms. The third-order valence-electron chi connectivity index (χ3n) is 1.07. The van der Waals surface area contributed by atoms with Crippen LogP contribution in [0.1, 0.15) is 13.8 Å². The zero-order valence-corrected chi connectivity index (χ0v) is 8.50. The minimum Gasteiger partial charge on any atom is -0.394 e. The molecule has 0 fully saturated rings. The summed E-state index contributed by atoms with van der Waals surface area (Å²) in [4.78, 5) is 10.0. The van der Waals surface area contributed by atoms with E-state index in [4.69, 9.17) is 5.11 Å². The number of carbonyl (C=O) groups is 1. The van der Waals surface area contributed by atoms with Gasteiger partial charge in [-0.25, -0.2) is 0 Å². The summed E-state index contributed by atoms with van der Waals surface area (Å²) >= 11 is 0. The van der Waals surface area contributed by atoms with Crippen LogP contribution in [0.5, 0.6) is 0 Å². The molecule has 68 valence electrons. The first-order valence-electron chi connectivity index (χ1n) is 4.27. The Bertz CT molecular complexity index is 105. The molecule has 2 nitrogen and oxygen atoms in total. The third kappa shape index (κ3) is 22.6. The van der Waals surface area contributed by atoms with Gasteiger partial charge in [0.25, 0.3) is 0 Å². The largest absolute Gasteiger partial charge is 0.394 e. The highest BCUT2D eigenvalue weighted by atomic mass is 16.3. The van der Waals surface area contributed by atoms with Gasteiger partial charge in [0, 0.05) is 6.10 Å². The molecule has 1 N–H and O–H groups in total. The van der Waals surface area contributed by atoms with E-state index >= 15 is 0 Å². The van der Waals surface area contributed by atoms with E-state index in [-0.39, 0.29) is 11.9 Å². The van der Waals surface area contributed by atoms with Crippen LogP contribution < -0.4 is 0 Å². The average Bonchev–Trinajstić information content (AvgIpc) is 1.87. The van der Waals surface area contributed by atoms with Gasteiger partial charge in [-0.1, -0.05) is 20.0 Å². The van der Waals surface area contributed by atoms with Crippen molar-refractivity contribution in [3.05, 3.63) is 0 Å². The van der Waals surface area contributed by atoms with Gasteiger partial charge in [0.05, 0.1) is 0 Å². The zero-order chi connectivity index (χ0) is 9.98. The molecule has 0 spiro atoms. The molecule has 1 atom stereocenters. The maximum absolute atomic E-state index is 10.0. The molecule has 2 radical (unpaired) electrons. The lowest BCUT2D eigenvalue weighted by molar-refractivity contribution is -0.114. The summed E-state index contributed by atoms with van der Waals surface area (Å²) < 4.78 is 0. The molecule has 1 unspecified atom stereocenters. The van der Waals surface area contributed by atoms with Crippen molar-refractivity contribution in [3.63, 3.8) is 0 Å². The Balaban J connectivity index is 0. The van der Waals surface area contributed by atoms with Crippen molar-refractivity contribution in [1.29, 1.82) is 0 Å². The van der Waals surface area contributed by atoms with Gasteiger partial charge in [0.1, 0.15) is 20.3 Å². The second kappa shape index (κ2) is 10.8. The molecule has 0 rings (SSSR count). The first-order valence-corrected chi connectivity index (χ1v) is 4.27. The molecular weight excluding hydrogens is 150 g/mol. The summed E-state index contributed by atoms with van der Waals surface area (Å²) in [6.45, 7) is 7.17. The Morgan fingerprint density at radius 2 is 1.92 bits per heavy atom. The molecule has 0 saturated carbocycles. The van der Waals surface area contributed by atoms with Crippen molar-refractivity contribution in [2.75, 3.05) is 0 Å². The van der Waals surface area contributed by atoms with Crippen molar-refractivity contribution in [2.45, 2.75) is 46.2 Å². The maximum Gasteiger partial charge on any atom is 0.122 e. The summed E-state index contributed by atoms with van der Waals surface area (Å²) in [5, 5.41) is 8.52. The van der Waals surface area contributed by atoms with Gasteiger partial charge in [-0.15, -0.1) is 0 Å². The number of hydrogen-bond acceptors (Lipinski definition) is 2. The lowest BCUT2D eigenvalue weighted by atomic mass is 9.76. The van der Waals surface area contributed by atoms with Gasteiger partial charge < -0.3 is 9.90 Å². The van der Waals surface area contributed by atoms with E-state index in [1.807, 2.05) is 28.2 Å². The number of aliphatic hydroxyl groups excluding tert-OH is 1. The van der Waals surface area contributed by atoms with Gasteiger partial charge >= 0.3 is 0 Å². The molecular formula is C8H18B2O2. The Morgan fingerprint density at radius 1 is 1.42 bits per heavy atom. The number of hydrogen-bond donors (Lipinski definition) is 1. The second-order valence-corrected chi connectivity index (χ2v) is 2.81. The second-order valence-electron chi connectivity index (χ2n) is 2.81. The fourth-order valence-electron chi connectivity index (χ4n) is 0.629. The van der Waals surface area contributed by atoms with Crippen molar-refractivity contribution < 1.29 is 9.90 Å². The van der Waals surface area contributed by atoms with Crippen molar-refractivity contribution in [2.24, 2.45) is 0 Å². The van der Waals surface area contributed by atoms with Gasteiger partial charge in [0.2, 0.25) is 0 Å². The minimum absolute atomic E-state index is 0.157. The van der Waals surface area contributed by atoms with E-state index in [1.165, 1.54) is 0 Å². The minimum atomic E-state index is -0.157. The SMILES string of the molecule is C[B]CC(C)=O.C[B]CC(C)O. The summed E-state index contributed by atoms with van der Waals surface area (Å²) in [6, 6.07) is 0. The summed E-state index contributed by atoms with van der Waals surface area (Å²) in [6.07, 6.45) is 1.26. The lowest BCUT2D eigenvalue weighted by Crippen LogP contribution is -2.00. The standard InChI is InChI=1S/C4H10BO.C4H8BO/c2*1-4(6)3-5-2/h4,6H,3H2,1-2H3;3H2,1-2H3. The highest BCUT2D eigenvalue weighted by Gasteiger charge is 1.88. The molecule has 0 aromatic rings. The fourth-order valence-corrected chi connectivity index (χ4v) is 0.629. The maximum atomic E-state index is 10.0. The van der Waals surface area contributed by atoms with E-state index in [1.54, 1.807) is 13.8 Å². The van der Waals surface area contributed by atoms with E-state index in [0.29, 0.717) is 6.32 Å². The fraction of sp³-hybridized carbons (Fsp3) is 0.875. The smallest absolute Gasteiger partial charge is 0.122 e. The van der Waals surface area contributed by atoms with Gasteiger partial charge in [-0.2, -0.15) is 0 Å². The van der Waals surface area contributed by atoms with Crippen LogP contribution >= 0.6 is 0 Å². The van der Waals surface area contributed by atoms with Crippen LogP contribution in [0, 0.1) is 0 Å². The highest BCUT2D eigenvalue weighted by molar-refractivity contribution is 6.39. The van der Waals surface area contributed by atoms with E-state index in [0.717, 1.165) is 6.32 Å². The number of Topliss-reactive ketones (excluding diaryl/α,β-unsaturated/α-hetero) is 1. The number of carbonyl (C=O) groups excluding carboxylic acids is 1. The van der Waals surface area contributed by atoms with E-state index in [9.17, 15) is 4.79 Å². The zero-order valence-electron chi connectivity index (χ0n) is 8.50. The molecule has 4 heteroatoms. The first-order chi connectivity index (χ1) is 5.54. The Morgan fingerprint density at radius 3 is 1.92 bits per heavy atom. The summed E-state index contributed by atoms with van der Waals surface area (Å²) in [5.74, 6) is 0.234. The van der Waals surface area contributed by atoms with Crippen LogP contribution in [-0.4, -0.2) is 31.6 Å². The van der Waals surface area contributed by atoms with Gasteiger partial charge in [0.15, 0.2) is 0 Å². The lowest BCUT2D eigenvalue weighted by Gasteiger charge is -1.94. The molecule has 0 heterocycles. The molecule has 0 bridgehead atoms. The van der Waals surface area contributed by atoms with Crippen LogP contribution in [0.4, 0.5) is 0 Å². The van der Waals surface area contributed by atoms with E-state index < -0.39 is 0 Å². The van der Waals surface area contributed by atoms with Crippen molar-refractivity contribution in [3.8, 4) is 0 Å². The third-order valence-corrected chi connectivity index (χ3v) is 1.07. The molecule has 0 aromatic heterocycles. The van der Waals surface area contributed by atoms with Crippen LogP contribution in [0.25, 0.3) is 0 Å². The van der Waals surface area contributed by atoms with Crippen molar-refractivity contribution in [1.82, 2.24) is 0 Å². The molecule has 0 aliphatic carbocycles. The molecule has 0 aromatic carbocycles. The Labute approximate surface area is 77.2 Å². The quantitative estimate of drug-likeness (QED) is 0.641. The monoisotopic (exact) mass is 168 g/mol. The normalized spacial score (nSPS) is 10.8. The predicted molar refractivity (Wildman–Crippen MR) is 55.2 cm³/mol. The van der Waals surface area contributed by atoms with Crippen LogP contribution in [0.3, 0.4) is 0 Å². The summed E-state index contributed by atoms with van der Waals surface area (Å²) in [7, 11) is 3.80. The highest BCUT2D eigenvalue weighted by Crippen LogP contribution is 1.85. The number of aliphatic hydroxyl groups is 1. The van der Waals surface area contributed by atoms with Crippen LogP contribution in [-0.2, 0) is 4.79 Å². The van der Waals surface area contributed by atoms with Crippen molar-refractivity contribution >= 4 is 20.3 Å². The molecule has 0 aliphatic rings. The average molecular weight is 168 g/mol. The molecule has 0 amide bonds. The topological polar surface area (TPSA) is 37.3 Å². The Hall–Kier alpha value is -0.240. The molecule has 0 saturated heterocycles. The van der Waals surface area contributed by atoms with E-state index in [2.05, 4.69) is 0 Å². The number of ketones is 1. The summed E-state index contributed by atoms with van der Waals surface area (Å²) in [5.41, 5.74) is 0. The van der Waals surface area contributed by atoms with Gasteiger partial charge in [-0.3, -0.25) is 0 Å². The first kappa shape index (κ1) is 14.3. The predicted octanol–water partition coefficient (Wildman–Crippen LogP) is 1.28. The number of rotatable bonds is 4. The van der Waals surface area contributed by atoms with Crippen LogP contribution in [0.15, 0.2) is 0 Å². The van der Waals surface area contributed by atoms with Crippen LogP contribution in [0.2, 0.25) is 26.3 Å².